The topological polar surface area (TPSA) is 58.2 Å². The Bertz CT molecular complexity index is 417. The van der Waals surface area contributed by atoms with Crippen molar-refractivity contribution in [3.8, 4) is 0 Å². The lowest BCUT2D eigenvalue weighted by molar-refractivity contribution is 0.577. The number of halogens is 1. The fraction of sp³-hybridized carbons (Fsp3) is 0.400. The molecule has 16 heavy (non-hydrogen) atoms. The van der Waals surface area contributed by atoms with Gasteiger partial charge in [-0.3, -0.25) is 0 Å². The Labute approximate surface area is 101 Å². The van der Waals surface area contributed by atoms with E-state index in [2.05, 4.69) is 10.0 Å². The molecule has 90 valence electrons. The van der Waals surface area contributed by atoms with E-state index in [0.29, 0.717) is 11.6 Å². The highest BCUT2D eigenvalue weighted by Gasteiger charge is 2.12. The molecule has 0 atom stereocenters. The van der Waals surface area contributed by atoms with Gasteiger partial charge in [0.25, 0.3) is 0 Å². The second-order valence-electron chi connectivity index (χ2n) is 3.31. The Kier molecular flexibility index (Phi) is 5.21. The molecule has 1 aromatic rings. The SMILES string of the molecule is CNCCCNS(=O)(=O)c1ccc(Cl)cc1. The summed E-state index contributed by atoms with van der Waals surface area (Å²) in [6.07, 6.45) is 0.753. The van der Waals surface area contributed by atoms with Crippen LogP contribution < -0.4 is 10.0 Å². The lowest BCUT2D eigenvalue weighted by Crippen LogP contribution is -2.26. The maximum Gasteiger partial charge on any atom is 0.240 e. The largest absolute Gasteiger partial charge is 0.320 e. The highest BCUT2D eigenvalue weighted by atomic mass is 35.5. The van der Waals surface area contributed by atoms with Crippen LogP contribution in [0.25, 0.3) is 0 Å². The number of hydrogen-bond acceptors (Lipinski definition) is 3. The van der Waals surface area contributed by atoms with Crippen LogP contribution in [-0.2, 0) is 10.0 Å². The van der Waals surface area contributed by atoms with Gasteiger partial charge in [-0.2, -0.15) is 0 Å². The summed E-state index contributed by atoms with van der Waals surface area (Å²) in [6, 6.07) is 6.10. The van der Waals surface area contributed by atoms with Gasteiger partial charge >= 0.3 is 0 Å². The van der Waals surface area contributed by atoms with E-state index in [1.54, 1.807) is 12.1 Å². The Hall–Kier alpha value is -0.620. The number of sulfonamides is 1. The van der Waals surface area contributed by atoms with Gasteiger partial charge in [-0.15, -0.1) is 0 Å². The molecular formula is C10H15ClN2O2S. The van der Waals surface area contributed by atoms with Crippen LogP contribution in [0.1, 0.15) is 6.42 Å². The molecule has 0 heterocycles. The Morgan fingerprint density at radius 1 is 1.19 bits per heavy atom. The number of hydrogen-bond donors (Lipinski definition) is 2. The van der Waals surface area contributed by atoms with Crippen LogP contribution >= 0.6 is 11.6 Å². The summed E-state index contributed by atoms with van der Waals surface area (Å²) in [5.41, 5.74) is 0. The summed E-state index contributed by atoms with van der Waals surface area (Å²) in [4.78, 5) is 0.237. The maximum atomic E-state index is 11.7. The minimum absolute atomic E-state index is 0.237. The van der Waals surface area contributed by atoms with Crippen LogP contribution in [0.2, 0.25) is 5.02 Å². The monoisotopic (exact) mass is 262 g/mol. The van der Waals surface area contributed by atoms with Crippen molar-refractivity contribution in [3.63, 3.8) is 0 Å². The van der Waals surface area contributed by atoms with E-state index in [4.69, 9.17) is 11.6 Å². The molecule has 2 N–H and O–H groups in total. The molecule has 0 fully saturated rings. The zero-order chi connectivity index (χ0) is 12.0. The van der Waals surface area contributed by atoms with Crippen molar-refractivity contribution >= 4 is 21.6 Å². The third kappa shape index (κ3) is 4.09. The van der Waals surface area contributed by atoms with Gasteiger partial charge in [0.2, 0.25) is 10.0 Å². The van der Waals surface area contributed by atoms with Crippen LogP contribution in [0.3, 0.4) is 0 Å². The van der Waals surface area contributed by atoms with Gasteiger partial charge in [0.1, 0.15) is 0 Å². The first-order chi connectivity index (χ1) is 7.56. The number of benzene rings is 1. The van der Waals surface area contributed by atoms with Gasteiger partial charge in [-0.05, 0) is 44.3 Å². The molecule has 0 spiro atoms. The summed E-state index contributed by atoms with van der Waals surface area (Å²) in [7, 11) is -1.57. The van der Waals surface area contributed by atoms with E-state index in [-0.39, 0.29) is 4.90 Å². The third-order valence-corrected chi connectivity index (χ3v) is 3.75. The van der Waals surface area contributed by atoms with Crippen molar-refractivity contribution in [1.82, 2.24) is 10.0 Å². The molecule has 0 aliphatic rings. The first-order valence-corrected chi connectivity index (χ1v) is 6.82. The molecule has 1 aromatic carbocycles. The quantitative estimate of drug-likeness (QED) is 0.758. The van der Waals surface area contributed by atoms with Gasteiger partial charge in [0.05, 0.1) is 4.90 Å². The molecule has 0 aliphatic heterocycles. The van der Waals surface area contributed by atoms with Crippen molar-refractivity contribution < 1.29 is 8.42 Å². The van der Waals surface area contributed by atoms with Crippen LogP contribution in [-0.4, -0.2) is 28.6 Å². The molecule has 0 amide bonds. The first kappa shape index (κ1) is 13.4. The maximum absolute atomic E-state index is 11.7. The molecule has 6 heteroatoms. The van der Waals surface area contributed by atoms with Gasteiger partial charge in [0.15, 0.2) is 0 Å². The summed E-state index contributed by atoms with van der Waals surface area (Å²) >= 11 is 5.68. The minimum atomic E-state index is -3.39. The molecule has 0 aliphatic carbocycles. The van der Waals surface area contributed by atoms with Gasteiger partial charge in [0, 0.05) is 11.6 Å². The fourth-order valence-corrected chi connectivity index (χ4v) is 2.37. The predicted octanol–water partition coefficient (Wildman–Crippen LogP) is 1.23. The van der Waals surface area contributed by atoms with Crippen molar-refractivity contribution in [1.29, 1.82) is 0 Å². The zero-order valence-corrected chi connectivity index (χ0v) is 10.6. The van der Waals surface area contributed by atoms with Crippen LogP contribution in [0.15, 0.2) is 29.2 Å². The van der Waals surface area contributed by atoms with Crippen molar-refractivity contribution in [2.24, 2.45) is 0 Å². The zero-order valence-electron chi connectivity index (χ0n) is 9.03. The van der Waals surface area contributed by atoms with E-state index in [0.717, 1.165) is 13.0 Å². The fourth-order valence-electron chi connectivity index (χ4n) is 1.17. The second-order valence-corrected chi connectivity index (χ2v) is 5.51. The summed E-state index contributed by atoms with van der Waals surface area (Å²) in [5, 5.41) is 3.47. The summed E-state index contributed by atoms with van der Waals surface area (Å²) < 4.78 is 26.0. The highest BCUT2D eigenvalue weighted by Crippen LogP contribution is 2.13. The Morgan fingerprint density at radius 3 is 2.38 bits per heavy atom. The smallest absolute Gasteiger partial charge is 0.240 e. The summed E-state index contributed by atoms with van der Waals surface area (Å²) in [5.74, 6) is 0. The normalized spacial score (nSPS) is 11.6. The molecule has 1 rings (SSSR count). The molecule has 4 nitrogen and oxygen atoms in total. The average Bonchev–Trinajstić information content (AvgIpc) is 2.25. The standard InChI is InChI=1S/C10H15ClN2O2S/c1-12-7-2-8-13-16(14,15)10-5-3-9(11)4-6-10/h3-6,12-13H,2,7-8H2,1H3. The third-order valence-electron chi connectivity index (χ3n) is 2.02. The van der Waals surface area contributed by atoms with E-state index in [1.807, 2.05) is 7.05 Å². The van der Waals surface area contributed by atoms with Crippen molar-refractivity contribution in [3.05, 3.63) is 29.3 Å². The molecule has 0 radical (unpaired) electrons. The number of nitrogens with one attached hydrogen (secondary N) is 2. The predicted molar refractivity (Wildman–Crippen MR) is 65.2 cm³/mol. The van der Waals surface area contributed by atoms with E-state index < -0.39 is 10.0 Å². The molecule has 0 unspecified atom stereocenters. The lowest BCUT2D eigenvalue weighted by atomic mass is 10.4. The van der Waals surface area contributed by atoms with E-state index in [9.17, 15) is 8.42 Å². The molecule has 0 saturated carbocycles. The molecule has 0 saturated heterocycles. The highest BCUT2D eigenvalue weighted by molar-refractivity contribution is 7.89. The molecular weight excluding hydrogens is 248 g/mol. The van der Waals surface area contributed by atoms with E-state index in [1.165, 1.54) is 12.1 Å². The van der Waals surface area contributed by atoms with Gasteiger partial charge in [-0.25, -0.2) is 13.1 Å². The lowest BCUT2D eigenvalue weighted by Gasteiger charge is -2.06. The minimum Gasteiger partial charge on any atom is -0.320 e. The van der Waals surface area contributed by atoms with Crippen molar-refractivity contribution in [2.75, 3.05) is 20.1 Å². The molecule has 0 aromatic heterocycles. The van der Waals surface area contributed by atoms with Crippen LogP contribution in [0, 0.1) is 0 Å². The molecule has 0 bridgehead atoms. The van der Waals surface area contributed by atoms with Crippen molar-refractivity contribution in [2.45, 2.75) is 11.3 Å². The Balaban J connectivity index is 2.60. The second kappa shape index (κ2) is 6.20. The van der Waals surface area contributed by atoms with Gasteiger partial charge < -0.3 is 5.32 Å². The Morgan fingerprint density at radius 2 is 1.81 bits per heavy atom. The van der Waals surface area contributed by atoms with Crippen LogP contribution in [0.4, 0.5) is 0 Å². The number of rotatable bonds is 6. The first-order valence-electron chi connectivity index (χ1n) is 4.96. The average molecular weight is 263 g/mol. The van der Waals surface area contributed by atoms with Crippen LogP contribution in [0.5, 0.6) is 0 Å². The summed E-state index contributed by atoms with van der Waals surface area (Å²) in [6.45, 7) is 1.20. The van der Waals surface area contributed by atoms with E-state index >= 15 is 0 Å². The van der Waals surface area contributed by atoms with Gasteiger partial charge in [-0.1, -0.05) is 11.6 Å².